The van der Waals surface area contributed by atoms with Gasteiger partial charge in [0, 0.05) is 6.54 Å². The number of hydrogen-bond donors (Lipinski definition) is 3. The molecule has 0 aromatic carbocycles. The Morgan fingerprint density at radius 1 is 1.28 bits per heavy atom. The normalized spacial score (nSPS) is 14.9. The van der Waals surface area contributed by atoms with Crippen LogP contribution in [0.5, 0.6) is 0 Å². The summed E-state index contributed by atoms with van der Waals surface area (Å²) in [6, 6.07) is -0.574. The van der Waals surface area contributed by atoms with Gasteiger partial charge in [0.25, 0.3) is 0 Å². The average Bonchev–Trinajstić information content (AvgIpc) is 2.37. The molecule has 0 radical (unpaired) electrons. The molecule has 0 fully saturated rings. The Balaban J connectivity index is 4.54. The van der Waals surface area contributed by atoms with Crippen LogP contribution >= 0.6 is 0 Å². The second kappa shape index (κ2) is 7.36. The van der Waals surface area contributed by atoms with Gasteiger partial charge < -0.3 is 16.2 Å². The number of nitrogens with one attached hydrogen (secondary N) is 1. The van der Waals surface area contributed by atoms with Crippen LogP contribution in [-0.2, 0) is 9.59 Å². The number of aliphatic carboxylic acids is 1. The molecule has 0 saturated heterocycles. The maximum absolute atomic E-state index is 11.8. The molecule has 0 spiro atoms. The van der Waals surface area contributed by atoms with E-state index in [1.807, 2.05) is 27.7 Å². The number of carboxylic acids is 1. The van der Waals surface area contributed by atoms with Crippen molar-refractivity contribution in [2.24, 2.45) is 17.1 Å². The van der Waals surface area contributed by atoms with Crippen LogP contribution in [0.2, 0.25) is 0 Å². The number of rotatable bonds is 8. The molecule has 0 saturated carbocycles. The molecule has 0 aromatic rings. The van der Waals surface area contributed by atoms with Crippen molar-refractivity contribution < 1.29 is 14.7 Å². The van der Waals surface area contributed by atoms with Crippen LogP contribution in [0.15, 0.2) is 0 Å². The van der Waals surface area contributed by atoms with Crippen LogP contribution in [-0.4, -0.2) is 29.6 Å². The molecule has 1 amide bonds. The van der Waals surface area contributed by atoms with E-state index in [9.17, 15) is 14.7 Å². The van der Waals surface area contributed by atoms with E-state index < -0.39 is 17.4 Å². The fourth-order valence-electron chi connectivity index (χ4n) is 1.76. The number of amides is 1. The Morgan fingerprint density at radius 2 is 1.78 bits per heavy atom. The highest BCUT2D eigenvalue weighted by molar-refractivity contribution is 5.83. The highest BCUT2D eigenvalue weighted by Gasteiger charge is 2.35. The van der Waals surface area contributed by atoms with Crippen LogP contribution in [0, 0.1) is 11.3 Å². The topological polar surface area (TPSA) is 92.4 Å². The Bertz CT molecular complexity index is 288. The largest absolute Gasteiger partial charge is 0.481 e. The zero-order valence-corrected chi connectivity index (χ0v) is 11.8. The van der Waals surface area contributed by atoms with E-state index >= 15 is 0 Å². The quantitative estimate of drug-likeness (QED) is 0.613. The molecule has 0 bridgehead atoms. The third-order valence-electron chi connectivity index (χ3n) is 3.97. The summed E-state index contributed by atoms with van der Waals surface area (Å²) >= 11 is 0. The van der Waals surface area contributed by atoms with Gasteiger partial charge in [0.05, 0.1) is 11.5 Å². The monoisotopic (exact) mass is 258 g/mol. The number of hydrogen-bond acceptors (Lipinski definition) is 3. The van der Waals surface area contributed by atoms with Gasteiger partial charge in [-0.2, -0.15) is 0 Å². The molecule has 0 heterocycles. The second-order valence-electron chi connectivity index (χ2n) is 4.92. The fraction of sp³-hybridized carbons (Fsp3) is 0.846. The van der Waals surface area contributed by atoms with Gasteiger partial charge in [-0.05, 0) is 18.8 Å². The molecule has 18 heavy (non-hydrogen) atoms. The van der Waals surface area contributed by atoms with E-state index in [1.54, 1.807) is 0 Å². The molecule has 0 aliphatic heterocycles. The first-order valence-electron chi connectivity index (χ1n) is 6.61. The Labute approximate surface area is 109 Å². The summed E-state index contributed by atoms with van der Waals surface area (Å²) in [4.78, 5) is 23.1. The lowest BCUT2D eigenvalue weighted by molar-refractivity contribution is -0.149. The Hall–Kier alpha value is -1.10. The van der Waals surface area contributed by atoms with Crippen molar-refractivity contribution in [1.29, 1.82) is 0 Å². The van der Waals surface area contributed by atoms with Crippen LogP contribution in [0.4, 0.5) is 0 Å². The maximum atomic E-state index is 11.8. The van der Waals surface area contributed by atoms with E-state index in [2.05, 4.69) is 5.32 Å². The van der Waals surface area contributed by atoms with Crippen molar-refractivity contribution in [2.45, 2.75) is 53.0 Å². The Morgan fingerprint density at radius 3 is 2.11 bits per heavy atom. The van der Waals surface area contributed by atoms with E-state index in [0.717, 1.165) is 6.42 Å². The first-order valence-corrected chi connectivity index (χ1v) is 6.61. The standard InChI is InChI=1S/C13H26N2O3/c1-5-9(4)10(14)11(16)15-8-13(6-2,7-3)12(17)18/h9-10H,5-8,14H2,1-4H3,(H,15,16)(H,17,18)/t9-,10-/m0/s1. The summed E-state index contributed by atoms with van der Waals surface area (Å²) in [5.74, 6) is -1.05. The zero-order valence-electron chi connectivity index (χ0n) is 11.8. The minimum Gasteiger partial charge on any atom is -0.481 e. The minimum atomic E-state index is -0.884. The van der Waals surface area contributed by atoms with Gasteiger partial charge in [0.2, 0.25) is 5.91 Å². The van der Waals surface area contributed by atoms with Crippen molar-refractivity contribution in [3.05, 3.63) is 0 Å². The predicted octanol–water partition coefficient (Wildman–Crippen LogP) is 1.37. The highest BCUT2D eigenvalue weighted by atomic mass is 16.4. The third kappa shape index (κ3) is 3.98. The van der Waals surface area contributed by atoms with E-state index in [4.69, 9.17) is 5.73 Å². The summed E-state index contributed by atoms with van der Waals surface area (Å²) < 4.78 is 0. The van der Waals surface area contributed by atoms with E-state index in [0.29, 0.717) is 12.8 Å². The first kappa shape index (κ1) is 16.9. The minimum absolute atomic E-state index is 0.0903. The van der Waals surface area contributed by atoms with Crippen LogP contribution < -0.4 is 11.1 Å². The molecule has 0 rings (SSSR count). The summed E-state index contributed by atoms with van der Waals surface area (Å²) in [7, 11) is 0. The van der Waals surface area contributed by atoms with Crippen molar-refractivity contribution in [1.82, 2.24) is 5.32 Å². The second-order valence-corrected chi connectivity index (χ2v) is 4.92. The molecule has 0 aromatic heterocycles. The molecule has 5 heteroatoms. The van der Waals surface area contributed by atoms with Gasteiger partial charge in [-0.1, -0.05) is 34.1 Å². The summed E-state index contributed by atoms with van der Waals surface area (Å²) in [6.45, 7) is 7.65. The van der Waals surface area contributed by atoms with Gasteiger partial charge in [-0.15, -0.1) is 0 Å². The molecular formula is C13H26N2O3. The maximum Gasteiger partial charge on any atom is 0.311 e. The lowest BCUT2D eigenvalue weighted by Gasteiger charge is -2.28. The molecule has 0 aliphatic carbocycles. The zero-order chi connectivity index (χ0) is 14.3. The van der Waals surface area contributed by atoms with E-state index in [1.165, 1.54) is 0 Å². The number of nitrogens with two attached hydrogens (primary N) is 1. The van der Waals surface area contributed by atoms with Crippen LogP contribution in [0.25, 0.3) is 0 Å². The van der Waals surface area contributed by atoms with Crippen molar-refractivity contribution >= 4 is 11.9 Å². The van der Waals surface area contributed by atoms with Crippen LogP contribution in [0.3, 0.4) is 0 Å². The smallest absolute Gasteiger partial charge is 0.311 e. The number of carbonyl (C=O) groups excluding carboxylic acids is 1. The van der Waals surface area contributed by atoms with E-state index in [-0.39, 0.29) is 18.4 Å². The highest BCUT2D eigenvalue weighted by Crippen LogP contribution is 2.25. The van der Waals surface area contributed by atoms with Crippen molar-refractivity contribution in [3.63, 3.8) is 0 Å². The average molecular weight is 258 g/mol. The van der Waals surface area contributed by atoms with Gasteiger partial charge >= 0.3 is 5.97 Å². The number of carboxylic acid groups (broad SMARTS) is 1. The molecule has 106 valence electrons. The Kier molecular flexibility index (Phi) is 6.91. The van der Waals surface area contributed by atoms with Crippen molar-refractivity contribution in [3.8, 4) is 0 Å². The molecule has 5 nitrogen and oxygen atoms in total. The molecule has 4 N–H and O–H groups in total. The predicted molar refractivity (Wildman–Crippen MR) is 71.1 cm³/mol. The summed E-state index contributed by atoms with van der Waals surface area (Å²) in [5.41, 5.74) is 4.92. The molecular weight excluding hydrogens is 232 g/mol. The lowest BCUT2D eigenvalue weighted by atomic mass is 9.82. The van der Waals surface area contributed by atoms with Crippen molar-refractivity contribution in [2.75, 3.05) is 6.54 Å². The summed E-state index contributed by atoms with van der Waals surface area (Å²) in [5, 5.41) is 11.9. The van der Waals surface area contributed by atoms with Gasteiger partial charge in [0.15, 0.2) is 0 Å². The van der Waals surface area contributed by atoms with Crippen LogP contribution in [0.1, 0.15) is 47.0 Å². The van der Waals surface area contributed by atoms with Gasteiger partial charge in [-0.25, -0.2) is 0 Å². The summed E-state index contributed by atoms with van der Waals surface area (Å²) in [6.07, 6.45) is 1.79. The molecule has 0 unspecified atom stereocenters. The first-order chi connectivity index (χ1) is 8.34. The third-order valence-corrected chi connectivity index (χ3v) is 3.97. The lowest BCUT2D eigenvalue weighted by Crippen LogP contribution is -2.49. The molecule has 2 atom stereocenters. The SMILES string of the molecule is CC[C@H](C)[C@H](N)C(=O)NCC(CC)(CC)C(=O)O. The fourth-order valence-corrected chi connectivity index (χ4v) is 1.76. The molecule has 0 aliphatic rings. The van der Waals surface area contributed by atoms with Gasteiger partial charge in [0.1, 0.15) is 0 Å². The van der Waals surface area contributed by atoms with Gasteiger partial charge in [-0.3, -0.25) is 9.59 Å². The number of carbonyl (C=O) groups is 2.